The predicted octanol–water partition coefficient (Wildman–Crippen LogP) is 2.03. The molecule has 19 heavy (non-hydrogen) atoms. The molecule has 0 aromatic carbocycles. The van der Waals surface area contributed by atoms with Gasteiger partial charge >= 0.3 is 5.97 Å². The lowest BCUT2D eigenvalue weighted by molar-refractivity contribution is -0.139. The highest BCUT2D eigenvalue weighted by atomic mass is 16.4. The number of hydrogen-bond acceptors (Lipinski definition) is 2. The fourth-order valence-corrected chi connectivity index (χ4v) is 2.60. The fourth-order valence-electron chi connectivity index (χ4n) is 2.60. The van der Waals surface area contributed by atoms with Crippen LogP contribution < -0.4 is 5.32 Å². The third kappa shape index (κ3) is 2.97. The molecular weight excluding hydrogens is 244 g/mol. The number of carbonyl (C=O) groups is 2. The van der Waals surface area contributed by atoms with Gasteiger partial charge < -0.3 is 15.0 Å². The van der Waals surface area contributed by atoms with E-state index >= 15 is 0 Å². The number of carboxylic acid groups (broad SMARTS) is 1. The maximum absolute atomic E-state index is 12.3. The van der Waals surface area contributed by atoms with Crippen molar-refractivity contribution in [2.45, 2.75) is 51.1 Å². The van der Waals surface area contributed by atoms with Crippen LogP contribution in [0.1, 0.15) is 49.5 Å². The molecule has 0 unspecified atom stereocenters. The van der Waals surface area contributed by atoms with Crippen molar-refractivity contribution < 1.29 is 14.7 Å². The van der Waals surface area contributed by atoms with Crippen molar-refractivity contribution in [3.05, 3.63) is 24.0 Å². The number of rotatable bonds is 6. The zero-order valence-corrected chi connectivity index (χ0v) is 11.2. The van der Waals surface area contributed by atoms with Gasteiger partial charge in [0.05, 0.1) is 12.0 Å². The first-order valence-corrected chi connectivity index (χ1v) is 6.76. The van der Waals surface area contributed by atoms with E-state index in [9.17, 15) is 9.59 Å². The number of nitrogens with one attached hydrogen (secondary N) is 1. The van der Waals surface area contributed by atoms with Crippen molar-refractivity contribution in [1.82, 2.24) is 9.88 Å². The molecule has 5 nitrogen and oxygen atoms in total. The summed E-state index contributed by atoms with van der Waals surface area (Å²) < 4.78 is 1.91. The molecule has 0 spiro atoms. The average molecular weight is 264 g/mol. The molecule has 1 aromatic heterocycles. The maximum atomic E-state index is 12.3. The number of hydrogen-bond donors (Lipinski definition) is 2. The average Bonchev–Trinajstić information content (AvgIpc) is 2.74. The van der Waals surface area contributed by atoms with Gasteiger partial charge in [-0.25, -0.2) is 0 Å². The van der Waals surface area contributed by atoms with E-state index in [-0.39, 0.29) is 12.3 Å². The highest BCUT2D eigenvalue weighted by molar-refractivity contribution is 5.93. The van der Waals surface area contributed by atoms with E-state index in [1.165, 1.54) is 0 Å². The highest BCUT2D eigenvalue weighted by Gasteiger charge is 2.40. The number of nitrogens with zero attached hydrogens (tertiary/aromatic N) is 1. The fraction of sp³-hybridized carbons (Fsp3) is 0.571. The minimum Gasteiger partial charge on any atom is -0.481 e. The first-order chi connectivity index (χ1) is 9.06. The first-order valence-electron chi connectivity index (χ1n) is 6.76. The molecular formula is C14H20N2O3. The van der Waals surface area contributed by atoms with Crippen LogP contribution in [-0.2, 0) is 11.3 Å². The van der Waals surface area contributed by atoms with Gasteiger partial charge in [-0.05, 0) is 37.8 Å². The second kappa shape index (κ2) is 5.47. The third-order valence-electron chi connectivity index (χ3n) is 3.71. The predicted molar refractivity (Wildman–Crippen MR) is 71.0 cm³/mol. The molecule has 2 rings (SSSR count). The van der Waals surface area contributed by atoms with Crippen LogP contribution in [0.2, 0.25) is 0 Å². The Morgan fingerprint density at radius 2 is 2.21 bits per heavy atom. The molecule has 1 aliphatic rings. The van der Waals surface area contributed by atoms with Crippen molar-refractivity contribution in [3.63, 3.8) is 0 Å². The molecule has 1 aromatic rings. The van der Waals surface area contributed by atoms with Crippen LogP contribution in [0.3, 0.4) is 0 Å². The van der Waals surface area contributed by atoms with E-state index < -0.39 is 11.5 Å². The Balaban J connectivity index is 2.07. The van der Waals surface area contributed by atoms with Gasteiger partial charge in [-0.15, -0.1) is 0 Å². The number of amides is 1. The second-order valence-corrected chi connectivity index (χ2v) is 5.25. The minimum absolute atomic E-state index is 0.00717. The van der Waals surface area contributed by atoms with E-state index in [0.717, 1.165) is 32.2 Å². The summed E-state index contributed by atoms with van der Waals surface area (Å²) in [5.74, 6) is -1.02. The molecule has 0 aliphatic heterocycles. The Morgan fingerprint density at radius 1 is 1.47 bits per heavy atom. The van der Waals surface area contributed by atoms with E-state index in [4.69, 9.17) is 5.11 Å². The quantitative estimate of drug-likeness (QED) is 0.825. The summed E-state index contributed by atoms with van der Waals surface area (Å²) in [7, 11) is 0. The van der Waals surface area contributed by atoms with Gasteiger partial charge in [-0.1, -0.05) is 6.92 Å². The van der Waals surface area contributed by atoms with Crippen LogP contribution in [0.15, 0.2) is 18.3 Å². The SMILES string of the molecule is CCCn1cccc1C(=O)NC1(CC(=O)O)CCC1. The van der Waals surface area contributed by atoms with Crippen LogP contribution in [0.4, 0.5) is 0 Å². The van der Waals surface area contributed by atoms with Gasteiger partial charge in [0, 0.05) is 12.7 Å². The molecule has 1 saturated carbocycles. The summed E-state index contributed by atoms with van der Waals surface area (Å²) in [6, 6.07) is 3.62. The molecule has 2 N–H and O–H groups in total. The Bertz CT molecular complexity index is 475. The summed E-state index contributed by atoms with van der Waals surface area (Å²) >= 11 is 0. The first kappa shape index (κ1) is 13.6. The third-order valence-corrected chi connectivity index (χ3v) is 3.71. The van der Waals surface area contributed by atoms with Crippen LogP contribution in [0.25, 0.3) is 0 Å². The molecule has 0 radical (unpaired) electrons. The summed E-state index contributed by atoms with van der Waals surface area (Å²) in [5, 5.41) is 11.9. The normalized spacial score (nSPS) is 16.7. The number of carbonyl (C=O) groups excluding carboxylic acids is 1. The monoisotopic (exact) mass is 264 g/mol. The molecule has 5 heteroatoms. The molecule has 104 valence electrons. The molecule has 1 amide bonds. The maximum Gasteiger partial charge on any atom is 0.305 e. The van der Waals surface area contributed by atoms with Crippen molar-refractivity contribution in [3.8, 4) is 0 Å². The highest BCUT2D eigenvalue weighted by Crippen LogP contribution is 2.35. The summed E-state index contributed by atoms with van der Waals surface area (Å²) in [6.45, 7) is 2.85. The zero-order valence-electron chi connectivity index (χ0n) is 11.2. The van der Waals surface area contributed by atoms with E-state index in [1.807, 2.05) is 16.8 Å². The number of carboxylic acids is 1. The largest absolute Gasteiger partial charge is 0.481 e. The molecule has 0 saturated heterocycles. The van der Waals surface area contributed by atoms with Crippen LogP contribution in [0.5, 0.6) is 0 Å². The Hall–Kier alpha value is -1.78. The van der Waals surface area contributed by atoms with E-state index in [1.54, 1.807) is 6.07 Å². The number of aliphatic carboxylic acids is 1. The van der Waals surface area contributed by atoms with Crippen LogP contribution in [-0.4, -0.2) is 27.1 Å². The van der Waals surface area contributed by atoms with Gasteiger partial charge in [0.1, 0.15) is 5.69 Å². The topological polar surface area (TPSA) is 71.3 Å². The number of aryl methyl sites for hydroxylation is 1. The summed E-state index contributed by atoms with van der Waals surface area (Å²) in [6.07, 6.45) is 5.31. The van der Waals surface area contributed by atoms with Crippen molar-refractivity contribution >= 4 is 11.9 Å². The minimum atomic E-state index is -0.857. The smallest absolute Gasteiger partial charge is 0.305 e. The van der Waals surface area contributed by atoms with Crippen molar-refractivity contribution in [1.29, 1.82) is 0 Å². The molecule has 0 atom stereocenters. The molecule has 1 fully saturated rings. The summed E-state index contributed by atoms with van der Waals surface area (Å²) in [5.41, 5.74) is 0.0723. The van der Waals surface area contributed by atoms with Crippen LogP contribution in [0, 0.1) is 0 Å². The molecule has 1 heterocycles. The van der Waals surface area contributed by atoms with Gasteiger partial charge in [0.15, 0.2) is 0 Å². The van der Waals surface area contributed by atoms with Gasteiger partial charge in [-0.2, -0.15) is 0 Å². The summed E-state index contributed by atoms with van der Waals surface area (Å²) in [4.78, 5) is 23.2. The Kier molecular flexibility index (Phi) is 3.93. The van der Waals surface area contributed by atoms with Gasteiger partial charge in [0.25, 0.3) is 5.91 Å². The van der Waals surface area contributed by atoms with Crippen molar-refractivity contribution in [2.75, 3.05) is 0 Å². The molecule has 1 aliphatic carbocycles. The second-order valence-electron chi connectivity index (χ2n) is 5.25. The van der Waals surface area contributed by atoms with Crippen molar-refractivity contribution in [2.24, 2.45) is 0 Å². The standard InChI is InChI=1S/C14H20N2O3/c1-2-8-16-9-3-5-11(16)13(19)15-14(6-4-7-14)10-12(17)18/h3,5,9H,2,4,6-8,10H2,1H3,(H,15,19)(H,17,18). The van der Waals surface area contributed by atoms with E-state index in [2.05, 4.69) is 12.2 Å². The van der Waals surface area contributed by atoms with Crippen LogP contribution >= 0.6 is 0 Å². The lowest BCUT2D eigenvalue weighted by atomic mass is 9.74. The lowest BCUT2D eigenvalue weighted by Crippen LogP contribution is -2.55. The van der Waals surface area contributed by atoms with E-state index in [0.29, 0.717) is 5.69 Å². The number of aromatic nitrogens is 1. The Morgan fingerprint density at radius 3 is 2.74 bits per heavy atom. The Labute approximate surface area is 112 Å². The zero-order chi connectivity index (χ0) is 13.9. The van der Waals surface area contributed by atoms with Gasteiger partial charge in [-0.3, -0.25) is 9.59 Å². The lowest BCUT2D eigenvalue weighted by Gasteiger charge is -2.41. The molecule has 0 bridgehead atoms. The van der Waals surface area contributed by atoms with Gasteiger partial charge in [0.2, 0.25) is 0 Å².